The largest absolute Gasteiger partial charge is 0.394 e. The smallest absolute Gasteiger partial charge is 0.187 e. The van der Waals surface area contributed by atoms with E-state index in [-0.39, 0.29) is 60.2 Å². The van der Waals surface area contributed by atoms with Crippen molar-refractivity contribution in [3.63, 3.8) is 0 Å². The lowest BCUT2D eigenvalue weighted by atomic mass is 9.38. The minimum Gasteiger partial charge on any atom is -0.394 e. The van der Waals surface area contributed by atoms with E-state index in [2.05, 4.69) is 33.8 Å². The van der Waals surface area contributed by atoms with Gasteiger partial charge in [-0.15, -0.1) is 0 Å². The highest BCUT2D eigenvalue weighted by Gasteiger charge is 2.71. The number of fused-ring (bicyclic) bond motifs is 5. The number of allylic oxidation sites excluding steroid dienone is 1. The zero-order valence-corrected chi connectivity index (χ0v) is 56.6. The number of rotatable bonds is 23. The van der Waals surface area contributed by atoms with Gasteiger partial charge in [0.05, 0.1) is 88.0 Å². The van der Waals surface area contributed by atoms with Crippen LogP contribution >= 0.6 is 0 Å². The average Bonchev–Trinajstić information content (AvgIpc) is 1.65. The number of hydrogen-bond acceptors (Lipinski definition) is 31. The number of aliphatic hydroxyl groups excluding tert-OH is 18. The third-order valence-electron chi connectivity index (χ3n) is 24.6. The summed E-state index contributed by atoms with van der Waals surface area (Å²) in [4.78, 5) is 0. The molecule has 37 atom stereocenters. The fourth-order valence-corrected chi connectivity index (χ4v) is 18.4. The molecule has 10 rings (SSSR count). The van der Waals surface area contributed by atoms with Crippen LogP contribution in [0.15, 0.2) is 11.6 Å². The van der Waals surface area contributed by atoms with Gasteiger partial charge in [0.2, 0.25) is 0 Å². The van der Waals surface area contributed by atoms with Gasteiger partial charge in [0.25, 0.3) is 0 Å². The predicted molar refractivity (Wildman–Crippen MR) is 329 cm³/mol. The average molecular weight is 1400 g/mol. The molecule has 0 aromatic heterocycles. The van der Waals surface area contributed by atoms with Crippen molar-refractivity contribution in [2.75, 3.05) is 39.6 Å². The van der Waals surface area contributed by atoms with E-state index in [1.807, 2.05) is 13.8 Å². The fourth-order valence-electron chi connectivity index (χ4n) is 18.4. The maximum Gasteiger partial charge on any atom is 0.187 e. The number of ether oxygens (including phenoxy) is 12. The van der Waals surface area contributed by atoms with Gasteiger partial charge in [-0.25, -0.2) is 0 Å². The van der Waals surface area contributed by atoms with Crippen LogP contribution in [0, 0.1) is 45.3 Å². The van der Waals surface area contributed by atoms with Crippen molar-refractivity contribution in [1.82, 2.24) is 0 Å². The Kier molecular flexibility index (Phi) is 24.9. The van der Waals surface area contributed by atoms with E-state index >= 15 is 0 Å². The Labute approximate surface area is 564 Å². The van der Waals surface area contributed by atoms with Gasteiger partial charge in [0.15, 0.2) is 37.7 Å². The molecule has 0 unspecified atom stereocenters. The highest BCUT2D eigenvalue weighted by Crippen LogP contribution is 2.75. The van der Waals surface area contributed by atoms with E-state index in [0.29, 0.717) is 32.1 Å². The lowest BCUT2D eigenvalue weighted by Gasteiger charge is -2.67. The third kappa shape index (κ3) is 15.1. The lowest BCUT2D eigenvalue weighted by Crippen LogP contribution is -2.65. The summed E-state index contributed by atoms with van der Waals surface area (Å²) in [6, 6.07) is 0. The summed E-state index contributed by atoms with van der Waals surface area (Å²) in [7, 11) is 0. The molecule has 0 bridgehead atoms. The fraction of sp³-hybridized carbons (Fsp3) is 0.970. The second kappa shape index (κ2) is 30.9. The van der Waals surface area contributed by atoms with Gasteiger partial charge in [-0.1, -0.05) is 53.2 Å². The molecular formula is C66H112O31. The molecule has 6 heterocycles. The first-order chi connectivity index (χ1) is 45.6. The molecule has 6 aliphatic heterocycles. The molecule has 31 nitrogen and oxygen atoms in total. The molecule has 6 saturated heterocycles. The van der Waals surface area contributed by atoms with Gasteiger partial charge in [-0.05, 0) is 99.7 Å². The van der Waals surface area contributed by atoms with Crippen molar-refractivity contribution in [2.45, 2.75) is 316 Å². The SMILES string of the molecule is C[C@H](CC[C@@H](O[C@@H]1O[C@H](CO[C@@H]2O[C@H](CO)[C@@H](O)[C@H](O)[C@H]2O)[C@@H](O)[C@H](O)[C@H]1O[C@@H]1O[C@H](CO)C[C@H](O)[C@H]1O)C(C)(C)O)[C@H]1CC[C@@]2(C)[C@@H]3CC=C4[C@@H](CC[C@H](O[C@@H]5O[C@H](CO[C@@H]6O[C@H](CO)[C@@H](O[C@@H]7C[C@@H](O)C[C@@H](CO)O7)[C@H](O)[C@H]6O)[C@@H](O)[C@H](O)[C@H]5O)C4(C)C)[C@]3(C)[C@H](O)C[C@]12C. The van der Waals surface area contributed by atoms with Crippen LogP contribution in [0.1, 0.15) is 126 Å². The van der Waals surface area contributed by atoms with Crippen LogP contribution in [0.3, 0.4) is 0 Å². The van der Waals surface area contributed by atoms with Crippen LogP contribution in [0.2, 0.25) is 0 Å². The summed E-state index contributed by atoms with van der Waals surface area (Å²) >= 11 is 0. The molecule has 31 heteroatoms. The van der Waals surface area contributed by atoms with Crippen molar-refractivity contribution in [3.8, 4) is 0 Å². The maximum absolute atomic E-state index is 12.9. The molecule has 19 N–H and O–H groups in total. The summed E-state index contributed by atoms with van der Waals surface area (Å²) in [6.07, 6.45) is -36.6. The van der Waals surface area contributed by atoms with Gasteiger partial charge in [-0.2, -0.15) is 0 Å². The normalized spacial score (nSPS) is 51.0. The second-order valence-electron chi connectivity index (χ2n) is 31.2. The summed E-state index contributed by atoms with van der Waals surface area (Å²) in [5.41, 5.74) is -2.49. The molecule has 562 valence electrons. The van der Waals surface area contributed by atoms with Gasteiger partial charge < -0.3 is 154 Å². The Morgan fingerprint density at radius 3 is 1.69 bits per heavy atom. The summed E-state index contributed by atoms with van der Waals surface area (Å²) in [5, 5.41) is 207. The Bertz CT molecular complexity index is 2570. The zero-order chi connectivity index (χ0) is 70.9. The first kappa shape index (κ1) is 78.1. The zero-order valence-electron chi connectivity index (χ0n) is 56.6. The van der Waals surface area contributed by atoms with Crippen LogP contribution < -0.4 is 0 Å². The second-order valence-corrected chi connectivity index (χ2v) is 31.2. The van der Waals surface area contributed by atoms with Crippen molar-refractivity contribution < 1.29 is 154 Å². The summed E-state index contributed by atoms with van der Waals surface area (Å²) in [5.74, 6) is -0.00969. The topological polar surface area (TPSA) is 495 Å². The number of hydrogen-bond donors (Lipinski definition) is 19. The highest BCUT2D eigenvalue weighted by atomic mass is 16.8. The lowest BCUT2D eigenvalue weighted by molar-refractivity contribution is -0.374. The van der Waals surface area contributed by atoms with Crippen LogP contribution in [0.25, 0.3) is 0 Å². The van der Waals surface area contributed by atoms with E-state index in [4.69, 9.17) is 56.8 Å². The van der Waals surface area contributed by atoms with E-state index < -0.39 is 240 Å². The first-order valence-corrected chi connectivity index (χ1v) is 34.7. The minimum atomic E-state index is -1.90. The van der Waals surface area contributed by atoms with Gasteiger partial charge in [0, 0.05) is 30.1 Å². The maximum atomic E-state index is 12.9. The predicted octanol–water partition coefficient (Wildman–Crippen LogP) is -4.50. The van der Waals surface area contributed by atoms with Crippen molar-refractivity contribution in [2.24, 2.45) is 45.3 Å². The van der Waals surface area contributed by atoms with Crippen molar-refractivity contribution in [1.29, 1.82) is 0 Å². The van der Waals surface area contributed by atoms with E-state index in [1.54, 1.807) is 0 Å². The Morgan fingerprint density at radius 1 is 0.526 bits per heavy atom. The first-order valence-electron chi connectivity index (χ1n) is 34.7. The Hall–Kier alpha value is -1.50. The third-order valence-corrected chi connectivity index (χ3v) is 24.6. The molecule has 0 aromatic carbocycles. The van der Waals surface area contributed by atoms with Gasteiger partial charge >= 0.3 is 0 Å². The molecule has 97 heavy (non-hydrogen) atoms. The van der Waals surface area contributed by atoms with E-state index in [0.717, 1.165) is 18.4 Å². The molecular weight excluding hydrogens is 1290 g/mol. The minimum absolute atomic E-state index is 0.00973. The summed E-state index contributed by atoms with van der Waals surface area (Å²) < 4.78 is 71.9. The van der Waals surface area contributed by atoms with Gasteiger partial charge in [0.1, 0.15) is 104 Å². The summed E-state index contributed by atoms with van der Waals surface area (Å²) in [6.45, 7) is 12.6. The van der Waals surface area contributed by atoms with E-state index in [9.17, 15) is 97.0 Å². The number of aliphatic hydroxyl groups is 19. The molecule has 0 aromatic rings. The monoisotopic (exact) mass is 1400 g/mol. The molecule has 0 amide bonds. The molecule has 3 saturated carbocycles. The van der Waals surface area contributed by atoms with E-state index in [1.165, 1.54) is 13.8 Å². The molecule has 0 spiro atoms. The molecule has 0 radical (unpaired) electrons. The molecule has 9 fully saturated rings. The van der Waals surface area contributed by atoms with Crippen molar-refractivity contribution in [3.05, 3.63) is 11.6 Å². The molecule has 4 aliphatic carbocycles. The Balaban J connectivity index is 0.793. The Morgan fingerprint density at radius 2 is 1.07 bits per heavy atom. The highest BCUT2D eigenvalue weighted by molar-refractivity contribution is 5.32. The molecule has 10 aliphatic rings. The van der Waals surface area contributed by atoms with Crippen LogP contribution in [-0.4, -0.2) is 327 Å². The standard InChI is InChI=1S/C66H112O31/c1-27(9-13-42(63(4,5)85)95-61-56(97-59-44(74)34(72)19-30(22-68)89-59)50(80)47(77)38(93-61)26-86-57-52(82)48(78)45(75)35(23-69)90-57)31-15-16-64(6)39-12-10-32-33(66(39,8)40(73)20-65(31,64)7)11-14-41(62(32,2)3)94-60-53(83)49(79)46(76)37(92-60)25-87-58-54(84)51(81)55(36(24-70)91-58)96-43-18-28(71)17-29(21-67)88-43/h10,27-31,33-61,67-85H,9,11-26H2,1-8H3/t27-,28+,29+,30+,31-,33-,34+,35-,36-,37-,38-,39+,40-,41+,42-,43-,44-,45-,46-,47-,48+,49+,50+,51-,52-,53-,54-,55-,56-,57-,58-,59+,60+,61+,64+,65-,66+/m1/s1. The van der Waals surface area contributed by atoms with Crippen LogP contribution in [0.5, 0.6) is 0 Å². The van der Waals surface area contributed by atoms with Crippen molar-refractivity contribution >= 4 is 0 Å². The van der Waals surface area contributed by atoms with Gasteiger partial charge in [-0.3, -0.25) is 0 Å². The van der Waals surface area contributed by atoms with Crippen LogP contribution in [-0.2, 0) is 56.8 Å². The quantitative estimate of drug-likeness (QED) is 0.0429. The van der Waals surface area contributed by atoms with Crippen LogP contribution in [0.4, 0.5) is 0 Å².